The number of halogens is 1. The van der Waals surface area contributed by atoms with Crippen molar-refractivity contribution in [1.82, 2.24) is 14.9 Å². The monoisotopic (exact) mass is 321 g/mol. The zero-order valence-corrected chi connectivity index (χ0v) is 13.2. The fourth-order valence-corrected chi connectivity index (χ4v) is 2.75. The largest absolute Gasteiger partial charge is 0.333 e. The molecule has 0 radical (unpaired) electrons. The van der Waals surface area contributed by atoms with E-state index in [1.54, 1.807) is 0 Å². The second kappa shape index (κ2) is 6.35. The zero-order valence-electron chi connectivity index (χ0n) is 11.7. The van der Waals surface area contributed by atoms with Gasteiger partial charge < -0.3 is 9.88 Å². The van der Waals surface area contributed by atoms with Gasteiger partial charge in [-0.05, 0) is 37.6 Å². The van der Waals surface area contributed by atoms with E-state index in [2.05, 4.69) is 69.0 Å². The van der Waals surface area contributed by atoms with Crippen LogP contribution in [0.15, 0.2) is 35.1 Å². The van der Waals surface area contributed by atoms with Crippen LogP contribution in [0.25, 0.3) is 0 Å². The molecule has 102 valence electrons. The molecule has 2 aromatic rings. The van der Waals surface area contributed by atoms with Crippen LogP contribution in [0.3, 0.4) is 0 Å². The van der Waals surface area contributed by atoms with Crippen LogP contribution >= 0.6 is 15.9 Å². The van der Waals surface area contributed by atoms with Crippen LogP contribution in [0.4, 0.5) is 0 Å². The van der Waals surface area contributed by atoms with Crippen molar-refractivity contribution >= 4 is 15.9 Å². The van der Waals surface area contributed by atoms with Gasteiger partial charge in [0.2, 0.25) is 0 Å². The summed E-state index contributed by atoms with van der Waals surface area (Å²) in [6.07, 6.45) is 5.04. The number of aromatic nitrogens is 2. The third kappa shape index (κ3) is 2.90. The number of nitrogens with zero attached hydrogens (tertiary/aromatic N) is 2. The summed E-state index contributed by atoms with van der Waals surface area (Å²) in [7, 11) is 1.98. The standard InChI is InChI=1S/C15H20BrN3/c1-4-9-19-10-8-18-15(19)14(17-3)12-6-5-7-13(16)11(12)2/h5-8,10,14,17H,4,9H2,1-3H3. The average molecular weight is 322 g/mol. The molecule has 4 heteroatoms. The lowest BCUT2D eigenvalue weighted by atomic mass is 10.0. The Morgan fingerprint density at radius 1 is 1.42 bits per heavy atom. The topological polar surface area (TPSA) is 29.9 Å². The number of hydrogen-bond acceptors (Lipinski definition) is 2. The van der Waals surface area contributed by atoms with E-state index in [0.29, 0.717) is 0 Å². The first-order valence-corrected chi connectivity index (χ1v) is 7.41. The zero-order chi connectivity index (χ0) is 13.8. The Kier molecular flexibility index (Phi) is 4.77. The maximum Gasteiger partial charge on any atom is 0.130 e. The van der Waals surface area contributed by atoms with E-state index in [4.69, 9.17) is 0 Å². The fourth-order valence-electron chi connectivity index (χ4n) is 2.37. The van der Waals surface area contributed by atoms with Crippen LogP contribution in [0.5, 0.6) is 0 Å². The highest BCUT2D eigenvalue weighted by Crippen LogP contribution is 2.28. The summed E-state index contributed by atoms with van der Waals surface area (Å²) in [5, 5.41) is 3.38. The van der Waals surface area contributed by atoms with Crippen molar-refractivity contribution in [2.75, 3.05) is 7.05 Å². The van der Waals surface area contributed by atoms with E-state index in [-0.39, 0.29) is 6.04 Å². The van der Waals surface area contributed by atoms with Gasteiger partial charge in [0.25, 0.3) is 0 Å². The molecule has 0 aliphatic rings. The van der Waals surface area contributed by atoms with Gasteiger partial charge >= 0.3 is 0 Å². The Morgan fingerprint density at radius 2 is 2.21 bits per heavy atom. The Hall–Kier alpha value is -1.13. The lowest BCUT2D eigenvalue weighted by molar-refractivity contribution is 0.566. The summed E-state index contributed by atoms with van der Waals surface area (Å²) >= 11 is 3.60. The van der Waals surface area contributed by atoms with Crippen molar-refractivity contribution < 1.29 is 0 Å². The molecule has 3 nitrogen and oxygen atoms in total. The van der Waals surface area contributed by atoms with Crippen molar-refractivity contribution in [3.05, 3.63) is 52.0 Å². The van der Waals surface area contributed by atoms with Crippen LogP contribution < -0.4 is 5.32 Å². The molecule has 19 heavy (non-hydrogen) atoms. The second-order valence-corrected chi connectivity index (χ2v) is 5.51. The van der Waals surface area contributed by atoms with Crippen molar-refractivity contribution in [2.45, 2.75) is 32.9 Å². The summed E-state index contributed by atoms with van der Waals surface area (Å²) < 4.78 is 3.36. The van der Waals surface area contributed by atoms with E-state index in [0.717, 1.165) is 23.3 Å². The predicted molar refractivity (Wildman–Crippen MR) is 82.3 cm³/mol. The van der Waals surface area contributed by atoms with Crippen LogP contribution in [0.1, 0.15) is 36.3 Å². The summed E-state index contributed by atoms with van der Waals surface area (Å²) in [6, 6.07) is 6.43. The molecule has 0 amide bonds. The van der Waals surface area contributed by atoms with Crippen LogP contribution in [0, 0.1) is 6.92 Å². The van der Waals surface area contributed by atoms with Gasteiger partial charge in [0.15, 0.2) is 0 Å². The normalized spacial score (nSPS) is 12.6. The van der Waals surface area contributed by atoms with Crippen molar-refractivity contribution in [3.63, 3.8) is 0 Å². The summed E-state index contributed by atoms with van der Waals surface area (Å²) in [4.78, 5) is 4.54. The van der Waals surface area contributed by atoms with Gasteiger partial charge in [-0.3, -0.25) is 0 Å². The molecule has 1 heterocycles. The van der Waals surface area contributed by atoms with Gasteiger partial charge in [0.1, 0.15) is 5.82 Å². The molecular weight excluding hydrogens is 302 g/mol. The molecule has 0 saturated carbocycles. The molecule has 0 fully saturated rings. The Bertz CT molecular complexity index is 548. The van der Waals surface area contributed by atoms with Crippen molar-refractivity contribution in [3.8, 4) is 0 Å². The fraction of sp³-hybridized carbons (Fsp3) is 0.400. The van der Waals surface area contributed by atoms with E-state index >= 15 is 0 Å². The molecule has 0 spiro atoms. The molecule has 2 rings (SSSR count). The van der Waals surface area contributed by atoms with E-state index in [1.807, 2.05) is 13.2 Å². The highest BCUT2D eigenvalue weighted by Gasteiger charge is 2.19. The number of nitrogens with one attached hydrogen (secondary N) is 1. The van der Waals surface area contributed by atoms with Crippen LogP contribution in [-0.4, -0.2) is 16.6 Å². The molecular formula is C15H20BrN3. The SMILES string of the molecule is CCCn1ccnc1C(NC)c1cccc(Br)c1C. The first-order valence-electron chi connectivity index (χ1n) is 6.62. The molecule has 1 unspecified atom stereocenters. The van der Waals surface area contributed by atoms with Gasteiger partial charge in [0, 0.05) is 23.4 Å². The quantitative estimate of drug-likeness (QED) is 0.910. The number of rotatable bonds is 5. The predicted octanol–water partition coefficient (Wildman–Crippen LogP) is 3.67. The van der Waals surface area contributed by atoms with Crippen molar-refractivity contribution in [1.29, 1.82) is 0 Å². The average Bonchev–Trinajstić information content (AvgIpc) is 2.84. The number of aryl methyl sites for hydroxylation is 1. The minimum Gasteiger partial charge on any atom is -0.333 e. The smallest absolute Gasteiger partial charge is 0.130 e. The molecule has 0 aliphatic heterocycles. The molecule has 0 saturated heterocycles. The highest BCUT2D eigenvalue weighted by molar-refractivity contribution is 9.10. The minimum atomic E-state index is 0.124. The van der Waals surface area contributed by atoms with Gasteiger partial charge in [-0.2, -0.15) is 0 Å². The van der Waals surface area contributed by atoms with Crippen LogP contribution in [0.2, 0.25) is 0 Å². The minimum absolute atomic E-state index is 0.124. The molecule has 1 N–H and O–H groups in total. The summed E-state index contributed by atoms with van der Waals surface area (Å²) in [5.74, 6) is 1.07. The third-order valence-electron chi connectivity index (χ3n) is 3.38. The molecule has 1 aromatic heterocycles. The Labute approximate surface area is 123 Å². The first kappa shape index (κ1) is 14.3. The maximum absolute atomic E-state index is 4.54. The Morgan fingerprint density at radius 3 is 2.89 bits per heavy atom. The second-order valence-electron chi connectivity index (χ2n) is 4.65. The lowest BCUT2D eigenvalue weighted by Crippen LogP contribution is -2.23. The third-order valence-corrected chi connectivity index (χ3v) is 4.24. The molecule has 0 bridgehead atoms. The maximum atomic E-state index is 4.54. The molecule has 1 atom stereocenters. The first-order chi connectivity index (χ1) is 9.19. The number of imidazole rings is 1. The van der Waals surface area contributed by atoms with Crippen LogP contribution in [-0.2, 0) is 6.54 Å². The highest BCUT2D eigenvalue weighted by atomic mass is 79.9. The number of hydrogen-bond donors (Lipinski definition) is 1. The van der Waals surface area contributed by atoms with E-state index in [1.165, 1.54) is 11.1 Å². The van der Waals surface area contributed by atoms with E-state index < -0.39 is 0 Å². The molecule has 0 aliphatic carbocycles. The van der Waals surface area contributed by atoms with Gasteiger partial charge in [0.05, 0.1) is 6.04 Å². The van der Waals surface area contributed by atoms with E-state index in [9.17, 15) is 0 Å². The summed E-state index contributed by atoms with van der Waals surface area (Å²) in [5.41, 5.74) is 2.52. The number of benzene rings is 1. The van der Waals surface area contributed by atoms with Gasteiger partial charge in [-0.25, -0.2) is 4.98 Å². The summed E-state index contributed by atoms with van der Waals surface area (Å²) in [6.45, 7) is 5.32. The molecule has 1 aromatic carbocycles. The van der Waals surface area contributed by atoms with Crippen molar-refractivity contribution in [2.24, 2.45) is 0 Å². The van der Waals surface area contributed by atoms with Gasteiger partial charge in [-0.1, -0.05) is 35.0 Å². The lowest BCUT2D eigenvalue weighted by Gasteiger charge is -2.20. The Balaban J connectivity index is 2.44. The van der Waals surface area contributed by atoms with Gasteiger partial charge in [-0.15, -0.1) is 0 Å².